The van der Waals surface area contributed by atoms with Crippen LogP contribution in [0.1, 0.15) is 90.4 Å². The standard InChI is InChI=1S/C14H20O4.C12H20O2.2C6H12O2/c15-14(9-2-4-11-13(6-9)18-11)16-7-8-1-3-10-12(5-8)17-10;1-3-13-9-11-5-7-12(8-6-11)10-14-4-2;1-2-6(3-7)4-8-5-6;1-2-8-6-4-3-5-7/h8-13H,1-7H2;3-4,11-12H,1-2,5-10H2;7H,2-5H2,1H3;2,7H,1,3-6H2. The van der Waals surface area contributed by atoms with E-state index in [1.165, 1.54) is 44.5 Å². The molecule has 0 amide bonds. The summed E-state index contributed by atoms with van der Waals surface area (Å²) in [6.07, 6.45) is 20.3. The number of esters is 1. The minimum Gasteiger partial charge on any atom is -0.502 e. The van der Waals surface area contributed by atoms with Gasteiger partial charge < -0.3 is 43.4 Å². The molecule has 0 spiro atoms. The number of fused-ring (bicyclic) bond motifs is 2. The van der Waals surface area contributed by atoms with E-state index in [2.05, 4.69) is 26.7 Å². The summed E-state index contributed by atoms with van der Waals surface area (Å²) in [6, 6.07) is 0. The van der Waals surface area contributed by atoms with Crippen LogP contribution in [0.4, 0.5) is 0 Å². The second-order valence-corrected chi connectivity index (χ2v) is 14.1. The smallest absolute Gasteiger partial charge is 0.309 e. The summed E-state index contributed by atoms with van der Waals surface area (Å²) >= 11 is 0. The van der Waals surface area contributed by atoms with Gasteiger partial charge in [0.15, 0.2) is 0 Å². The van der Waals surface area contributed by atoms with E-state index in [9.17, 15) is 4.79 Å². The molecule has 276 valence electrons. The maximum absolute atomic E-state index is 12.0. The van der Waals surface area contributed by atoms with Crippen molar-refractivity contribution in [2.24, 2.45) is 29.1 Å². The average molecular weight is 681 g/mol. The van der Waals surface area contributed by atoms with Crippen molar-refractivity contribution < 1.29 is 48.2 Å². The van der Waals surface area contributed by atoms with E-state index < -0.39 is 0 Å². The Morgan fingerprint density at radius 3 is 1.73 bits per heavy atom. The molecule has 10 nitrogen and oxygen atoms in total. The maximum atomic E-state index is 12.0. The second kappa shape index (κ2) is 22.6. The van der Waals surface area contributed by atoms with Gasteiger partial charge in [0, 0.05) is 12.0 Å². The van der Waals surface area contributed by atoms with E-state index >= 15 is 0 Å². The van der Waals surface area contributed by atoms with Gasteiger partial charge in [-0.15, -0.1) is 0 Å². The molecule has 3 saturated carbocycles. The fourth-order valence-corrected chi connectivity index (χ4v) is 6.73. The summed E-state index contributed by atoms with van der Waals surface area (Å²) in [7, 11) is 0. The van der Waals surface area contributed by atoms with Crippen LogP contribution in [0.15, 0.2) is 38.5 Å². The fraction of sp³-hybridized carbons (Fsp3) is 0.816. The SMILES string of the molecule is C=COCC1CCC(COC=C)CC1.C=COCCCCO.CCC1(CO)COC1.O=C(OCC1CCC2OC2C1)C1CCC2OC2C1. The Morgan fingerprint density at radius 1 is 0.729 bits per heavy atom. The summed E-state index contributed by atoms with van der Waals surface area (Å²) < 4.78 is 36.6. The van der Waals surface area contributed by atoms with Gasteiger partial charge in [-0.05, 0) is 101 Å². The second-order valence-electron chi connectivity index (χ2n) is 14.1. The molecule has 6 atom stereocenters. The average Bonchev–Trinajstić information content (AvgIpc) is 4.04. The van der Waals surface area contributed by atoms with Crippen molar-refractivity contribution in [1.29, 1.82) is 0 Å². The van der Waals surface area contributed by atoms with E-state index in [4.69, 9.17) is 43.4 Å². The number of rotatable bonds is 16. The van der Waals surface area contributed by atoms with E-state index in [0.717, 1.165) is 84.2 Å². The summed E-state index contributed by atoms with van der Waals surface area (Å²) in [5.74, 6) is 2.04. The van der Waals surface area contributed by atoms with Crippen LogP contribution in [-0.2, 0) is 38.0 Å². The Labute approximate surface area is 289 Å². The predicted octanol–water partition coefficient (Wildman–Crippen LogP) is 6.10. The van der Waals surface area contributed by atoms with Gasteiger partial charge in [0.25, 0.3) is 0 Å². The fourth-order valence-electron chi connectivity index (χ4n) is 6.73. The molecule has 0 aromatic heterocycles. The Morgan fingerprint density at radius 2 is 1.29 bits per heavy atom. The molecule has 10 heteroatoms. The monoisotopic (exact) mass is 680 g/mol. The first kappa shape index (κ1) is 40.3. The van der Waals surface area contributed by atoms with E-state index in [0.29, 0.717) is 55.4 Å². The molecule has 3 saturated heterocycles. The topological polar surface area (TPSA) is 129 Å². The molecular weight excluding hydrogens is 616 g/mol. The van der Waals surface area contributed by atoms with Gasteiger partial charge in [-0.2, -0.15) is 0 Å². The summed E-state index contributed by atoms with van der Waals surface area (Å²) in [5.41, 5.74) is 0.139. The lowest BCUT2D eigenvalue weighted by Gasteiger charge is -2.38. The van der Waals surface area contributed by atoms with Crippen molar-refractivity contribution in [3.8, 4) is 0 Å². The molecule has 0 bridgehead atoms. The van der Waals surface area contributed by atoms with E-state index in [1.54, 1.807) is 0 Å². The van der Waals surface area contributed by atoms with Crippen LogP contribution in [-0.4, -0.2) is 93.5 Å². The molecule has 3 aliphatic carbocycles. The number of aliphatic hydroxyl groups is 2. The normalized spacial score (nSPS) is 31.6. The maximum Gasteiger partial charge on any atom is 0.309 e. The number of hydrogen-bond acceptors (Lipinski definition) is 10. The summed E-state index contributed by atoms with van der Waals surface area (Å²) in [6.45, 7) is 17.5. The number of ether oxygens (including phenoxy) is 7. The lowest BCUT2D eigenvalue weighted by Crippen LogP contribution is -2.44. The minimum absolute atomic E-state index is 0.00258. The van der Waals surface area contributed by atoms with Crippen LogP contribution in [0.3, 0.4) is 0 Å². The van der Waals surface area contributed by atoms with Crippen molar-refractivity contribution in [2.75, 3.05) is 52.9 Å². The van der Waals surface area contributed by atoms with Crippen molar-refractivity contribution >= 4 is 5.97 Å². The number of unbranched alkanes of at least 4 members (excludes halogenated alkanes) is 1. The predicted molar refractivity (Wildman–Crippen MR) is 184 cm³/mol. The lowest BCUT2D eigenvalue weighted by molar-refractivity contribution is -0.151. The van der Waals surface area contributed by atoms with Crippen LogP contribution in [0.2, 0.25) is 0 Å². The number of carbonyl (C=O) groups is 1. The molecular formula is C38H64O10. The van der Waals surface area contributed by atoms with Gasteiger partial charge in [0.05, 0.1) is 95.4 Å². The van der Waals surface area contributed by atoms with Crippen molar-refractivity contribution in [3.05, 3.63) is 38.5 Å². The van der Waals surface area contributed by atoms with Crippen LogP contribution < -0.4 is 0 Å². The Balaban J connectivity index is 0.000000186. The van der Waals surface area contributed by atoms with Crippen LogP contribution in [0.25, 0.3) is 0 Å². The van der Waals surface area contributed by atoms with Gasteiger partial charge >= 0.3 is 5.97 Å². The van der Waals surface area contributed by atoms with Crippen molar-refractivity contribution in [2.45, 2.75) is 115 Å². The summed E-state index contributed by atoms with van der Waals surface area (Å²) in [4.78, 5) is 12.0. The highest BCUT2D eigenvalue weighted by Crippen LogP contribution is 2.41. The Hall–Kier alpha value is -2.11. The van der Waals surface area contributed by atoms with E-state index in [-0.39, 0.29) is 30.5 Å². The zero-order valence-corrected chi connectivity index (χ0v) is 29.5. The molecule has 6 fully saturated rings. The van der Waals surface area contributed by atoms with Crippen LogP contribution >= 0.6 is 0 Å². The molecule has 0 radical (unpaired) electrons. The molecule has 0 aromatic rings. The first-order valence-corrected chi connectivity index (χ1v) is 18.3. The summed E-state index contributed by atoms with van der Waals surface area (Å²) in [5, 5.41) is 17.0. The van der Waals surface area contributed by atoms with Crippen LogP contribution in [0.5, 0.6) is 0 Å². The van der Waals surface area contributed by atoms with E-state index in [1.807, 2.05) is 0 Å². The zero-order valence-electron chi connectivity index (χ0n) is 29.5. The molecule has 6 rings (SSSR count). The third kappa shape index (κ3) is 14.8. The van der Waals surface area contributed by atoms with Gasteiger partial charge in [0.1, 0.15) is 0 Å². The minimum atomic E-state index is 0.00258. The third-order valence-corrected chi connectivity index (χ3v) is 10.5. The number of aliphatic hydroxyl groups excluding tert-OH is 2. The number of carbonyl (C=O) groups excluding carboxylic acids is 1. The number of hydrogen-bond donors (Lipinski definition) is 2. The quantitative estimate of drug-likeness (QED) is 0.0854. The molecule has 2 N–H and O–H groups in total. The highest BCUT2D eigenvalue weighted by atomic mass is 16.6. The third-order valence-electron chi connectivity index (χ3n) is 10.5. The molecule has 3 aliphatic heterocycles. The number of epoxide rings is 2. The lowest BCUT2D eigenvalue weighted by atomic mass is 9.83. The zero-order chi connectivity index (χ0) is 34.6. The van der Waals surface area contributed by atoms with Crippen LogP contribution in [0, 0.1) is 29.1 Å². The van der Waals surface area contributed by atoms with Crippen molar-refractivity contribution in [1.82, 2.24) is 0 Å². The van der Waals surface area contributed by atoms with Gasteiger partial charge in [-0.3, -0.25) is 4.79 Å². The first-order valence-electron chi connectivity index (χ1n) is 18.3. The van der Waals surface area contributed by atoms with Gasteiger partial charge in [-0.1, -0.05) is 26.7 Å². The van der Waals surface area contributed by atoms with Gasteiger partial charge in [0.2, 0.25) is 0 Å². The first-order chi connectivity index (χ1) is 23.4. The molecule has 6 aliphatic rings. The molecule has 48 heavy (non-hydrogen) atoms. The molecule has 6 unspecified atom stereocenters. The van der Waals surface area contributed by atoms with Crippen molar-refractivity contribution in [3.63, 3.8) is 0 Å². The highest BCUT2D eigenvalue weighted by molar-refractivity contribution is 5.72. The van der Waals surface area contributed by atoms with Gasteiger partial charge in [-0.25, -0.2) is 0 Å². The Kier molecular flexibility index (Phi) is 19.0. The largest absolute Gasteiger partial charge is 0.502 e. The molecule has 0 aromatic carbocycles. The molecule has 3 heterocycles. The Bertz CT molecular complexity index is 882. The highest BCUT2D eigenvalue weighted by Gasteiger charge is 2.47.